The van der Waals surface area contributed by atoms with Crippen LogP contribution < -0.4 is 0 Å². The molecule has 0 spiro atoms. The van der Waals surface area contributed by atoms with Gasteiger partial charge < -0.3 is 4.42 Å². The molecule has 0 saturated carbocycles. The second kappa shape index (κ2) is 5.85. The molecule has 5 nitrogen and oxygen atoms in total. The Balaban J connectivity index is 1.56. The van der Waals surface area contributed by atoms with Crippen LogP contribution in [-0.4, -0.2) is 20.4 Å². The predicted octanol–water partition coefficient (Wildman–Crippen LogP) is 3.78. The van der Waals surface area contributed by atoms with E-state index in [1.807, 2.05) is 42.5 Å². The molecule has 2 aromatic carbocycles. The fraction of sp³-hybridized carbons (Fsp3) is 0.118. The zero-order chi connectivity index (χ0) is 15.6. The number of rotatable bonds is 4. The van der Waals surface area contributed by atoms with Crippen molar-refractivity contribution in [3.8, 4) is 0 Å². The Hall–Kier alpha value is -2.66. The molecule has 0 radical (unpaired) electrons. The van der Waals surface area contributed by atoms with Crippen LogP contribution in [0.1, 0.15) is 22.9 Å². The first kappa shape index (κ1) is 14.0. The Bertz CT molecular complexity index is 946. The molecule has 4 rings (SSSR count). The monoisotopic (exact) mass is 324 g/mol. The fourth-order valence-electron chi connectivity index (χ4n) is 2.53. The first-order valence-electron chi connectivity index (χ1n) is 7.25. The van der Waals surface area contributed by atoms with Gasteiger partial charge in [0.05, 0.1) is 29.6 Å². The average molecular weight is 325 g/mol. The molecule has 6 heteroatoms. The van der Waals surface area contributed by atoms with Gasteiger partial charge in [0, 0.05) is 5.39 Å². The molecule has 0 aliphatic rings. The van der Waals surface area contributed by atoms with E-state index in [1.54, 1.807) is 6.20 Å². The van der Waals surface area contributed by atoms with Crippen LogP contribution in [-0.2, 0) is 12.8 Å². The largest absolute Gasteiger partial charge is 0.425 e. The Kier molecular flexibility index (Phi) is 3.55. The van der Waals surface area contributed by atoms with E-state index in [9.17, 15) is 0 Å². The van der Waals surface area contributed by atoms with Crippen LogP contribution in [0.2, 0.25) is 5.02 Å². The Morgan fingerprint density at radius 3 is 2.57 bits per heavy atom. The van der Waals surface area contributed by atoms with E-state index < -0.39 is 0 Å². The second-order valence-corrected chi connectivity index (χ2v) is 5.68. The van der Waals surface area contributed by atoms with Gasteiger partial charge in [0.2, 0.25) is 11.8 Å². The van der Waals surface area contributed by atoms with Gasteiger partial charge in [-0.25, -0.2) is 0 Å². The number of benzene rings is 2. The highest BCUT2D eigenvalue weighted by atomic mass is 35.5. The summed E-state index contributed by atoms with van der Waals surface area (Å²) in [4.78, 5) is 0. The highest BCUT2D eigenvalue weighted by Gasteiger charge is 2.12. The van der Waals surface area contributed by atoms with E-state index in [2.05, 4.69) is 20.4 Å². The van der Waals surface area contributed by atoms with E-state index in [1.165, 1.54) is 0 Å². The minimum atomic E-state index is 0.502. The van der Waals surface area contributed by atoms with Gasteiger partial charge >= 0.3 is 0 Å². The van der Waals surface area contributed by atoms with Crippen LogP contribution in [0.5, 0.6) is 0 Å². The molecular formula is C17H13ClN4O. The number of aromatic nitrogens is 4. The first-order chi connectivity index (χ1) is 11.3. The van der Waals surface area contributed by atoms with Crippen LogP contribution in [0.15, 0.2) is 53.1 Å². The molecule has 0 amide bonds. The highest BCUT2D eigenvalue weighted by molar-refractivity contribution is 6.36. The van der Waals surface area contributed by atoms with E-state index in [4.69, 9.17) is 16.0 Å². The molecule has 0 fully saturated rings. The summed E-state index contributed by atoms with van der Waals surface area (Å²) in [5.74, 6) is 1.16. The third kappa shape index (κ3) is 2.83. The molecule has 0 saturated heterocycles. The van der Waals surface area contributed by atoms with Crippen molar-refractivity contribution in [1.82, 2.24) is 20.4 Å². The van der Waals surface area contributed by atoms with Crippen LogP contribution in [0.25, 0.3) is 10.9 Å². The van der Waals surface area contributed by atoms with Gasteiger partial charge in [0.1, 0.15) is 0 Å². The molecule has 0 unspecified atom stereocenters. The lowest BCUT2D eigenvalue weighted by Crippen LogP contribution is -1.90. The number of H-pyrrole nitrogens is 1. The van der Waals surface area contributed by atoms with Gasteiger partial charge in [-0.3, -0.25) is 5.10 Å². The van der Waals surface area contributed by atoms with E-state index >= 15 is 0 Å². The SMILES string of the molecule is Clc1c(Cc2nnc(Cc3ccccc3)o2)ccc2[nH]ncc12. The van der Waals surface area contributed by atoms with Crippen molar-refractivity contribution in [2.75, 3.05) is 0 Å². The standard InChI is InChI=1S/C17H13ClN4O/c18-17-12(6-7-14-13(17)10-19-20-14)9-16-22-21-15(23-16)8-11-4-2-1-3-5-11/h1-7,10H,8-9H2,(H,19,20). The predicted molar refractivity (Wildman–Crippen MR) is 87.5 cm³/mol. The molecular weight excluding hydrogens is 312 g/mol. The molecule has 2 heterocycles. The summed E-state index contributed by atoms with van der Waals surface area (Å²) >= 11 is 6.42. The van der Waals surface area contributed by atoms with Crippen molar-refractivity contribution in [2.45, 2.75) is 12.8 Å². The minimum Gasteiger partial charge on any atom is -0.425 e. The molecule has 0 aliphatic carbocycles. The number of nitrogens with zero attached hydrogens (tertiary/aromatic N) is 3. The Labute approximate surface area is 137 Å². The third-order valence-corrected chi connectivity index (χ3v) is 4.13. The lowest BCUT2D eigenvalue weighted by atomic mass is 10.1. The van der Waals surface area contributed by atoms with Crippen molar-refractivity contribution in [3.63, 3.8) is 0 Å². The highest BCUT2D eigenvalue weighted by Crippen LogP contribution is 2.27. The van der Waals surface area contributed by atoms with Crippen LogP contribution >= 0.6 is 11.6 Å². The molecule has 4 aromatic rings. The summed E-state index contributed by atoms with van der Waals surface area (Å²) in [6.07, 6.45) is 2.85. The number of aromatic amines is 1. The minimum absolute atomic E-state index is 0.502. The van der Waals surface area contributed by atoms with Gasteiger partial charge in [-0.05, 0) is 17.2 Å². The number of fused-ring (bicyclic) bond motifs is 1. The number of hydrogen-bond donors (Lipinski definition) is 1. The second-order valence-electron chi connectivity index (χ2n) is 5.30. The van der Waals surface area contributed by atoms with Crippen LogP contribution in [0.4, 0.5) is 0 Å². The molecule has 2 aromatic heterocycles. The van der Waals surface area contributed by atoms with Gasteiger partial charge in [-0.2, -0.15) is 5.10 Å². The first-order valence-corrected chi connectivity index (χ1v) is 7.63. The quantitative estimate of drug-likeness (QED) is 0.620. The molecule has 1 N–H and O–H groups in total. The van der Waals surface area contributed by atoms with Gasteiger partial charge in [-0.15, -0.1) is 10.2 Å². The maximum absolute atomic E-state index is 6.42. The molecule has 23 heavy (non-hydrogen) atoms. The zero-order valence-electron chi connectivity index (χ0n) is 12.2. The topological polar surface area (TPSA) is 67.6 Å². The number of nitrogens with one attached hydrogen (secondary N) is 1. The average Bonchev–Trinajstić information content (AvgIpc) is 3.21. The van der Waals surface area contributed by atoms with Crippen LogP contribution in [0.3, 0.4) is 0 Å². The van der Waals surface area contributed by atoms with Gasteiger partial charge in [0.25, 0.3) is 0 Å². The van der Waals surface area contributed by atoms with E-state index in [-0.39, 0.29) is 0 Å². The zero-order valence-corrected chi connectivity index (χ0v) is 12.9. The van der Waals surface area contributed by atoms with E-state index in [0.717, 1.165) is 22.0 Å². The van der Waals surface area contributed by atoms with Gasteiger partial charge in [0.15, 0.2) is 0 Å². The summed E-state index contributed by atoms with van der Waals surface area (Å²) in [5.41, 5.74) is 2.99. The third-order valence-electron chi connectivity index (χ3n) is 3.69. The summed E-state index contributed by atoms with van der Waals surface area (Å²) in [7, 11) is 0. The summed E-state index contributed by atoms with van der Waals surface area (Å²) in [6.45, 7) is 0. The molecule has 114 valence electrons. The lowest BCUT2D eigenvalue weighted by Gasteiger charge is -2.02. The summed E-state index contributed by atoms with van der Waals surface area (Å²) in [5, 5.41) is 16.7. The summed E-state index contributed by atoms with van der Waals surface area (Å²) < 4.78 is 5.74. The lowest BCUT2D eigenvalue weighted by molar-refractivity contribution is 0.466. The smallest absolute Gasteiger partial charge is 0.221 e. The van der Waals surface area contributed by atoms with Crippen LogP contribution in [0, 0.1) is 0 Å². The number of halogens is 1. The fourth-order valence-corrected chi connectivity index (χ4v) is 2.81. The molecule has 0 aliphatic heterocycles. The maximum Gasteiger partial charge on any atom is 0.221 e. The number of hydrogen-bond acceptors (Lipinski definition) is 4. The Morgan fingerprint density at radius 1 is 0.957 bits per heavy atom. The van der Waals surface area contributed by atoms with Gasteiger partial charge in [-0.1, -0.05) is 48.0 Å². The van der Waals surface area contributed by atoms with E-state index in [0.29, 0.717) is 29.6 Å². The van der Waals surface area contributed by atoms with Crippen molar-refractivity contribution in [2.24, 2.45) is 0 Å². The van der Waals surface area contributed by atoms with Crippen molar-refractivity contribution < 1.29 is 4.42 Å². The van der Waals surface area contributed by atoms with Crippen molar-refractivity contribution in [1.29, 1.82) is 0 Å². The van der Waals surface area contributed by atoms with Crippen molar-refractivity contribution in [3.05, 3.63) is 76.6 Å². The van der Waals surface area contributed by atoms with Crippen molar-refractivity contribution >= 4 is 22.5 Å². The summed E-state index contributed by atoms with van der Waals surface area (Å²) in [6, 6.07) is 13.9. The molecule has 0 atom stereocenters. The maximum atomic E-state index is 6.42. The normalized spacial score (nSPS) is 11.2. The Morgan fingerprint density at radius 2 is 1.74 bits per heavy atom. The molecule has 0 bridgehead atoms.